The Morgan fingerprint density at radius 3 is 2.77 bits per heavy atom. The van der Waals surface area contributed by atoms with Crippen LogP contribution in [0.1, 0.15) is 19.3 Å². The second-order valence-electron chi connectivity index (χ2n) is 7.74. The molecule has 0 radical (unpaired) electrons. The second kappa shape index (κ2) is 8.27. The molecule has 31 heavy (non-hydrogen) atoms. The Labute approximate surface area is 187 Å². The zero-order chi connectivity index (χ0) is 22.4. The van der Waals surface area contributed by atoms with Crippen molar-refractivity contribution >= 4 is 54.9 Å². The fraction of sp³-hybridized carbons (Fsp3) is 0.474. The highest BCUT2D eigenvalue weighted by atomic mass is 35.5. The van der Waals surface area contributed by atoms with E-state index in [1.165, 1.54) is 11.0 Å². The van der Waals surface area contributed by atoms with E-state index in [1.54, 1.807) is 18.2 Å². The quantitative estimate of drug-likeness (QED) is 0.696. The van der Waals surface area contributed by atoms with E-state index in [2.05, 4.69) is 4.72 Å². The van der Waals surface area contributed by atoms with Gasteiger partial charge in [-0.15, -0.1) is 11.3 Å². The highest BCUT2D eigenvalue weighted by Crippen LogP contribution is 2.31. The summed E-state index contributed by atoms with van der Waals surface area (Å²) in [5, 5.41) is 1.17. The van der Waals surface area contributed by atoms with Crippen LogP contribution in [0.15, 0.2) is 28.5 Å². The summed E-state index contributed by atoms with van der Waals surface area (Å²) in [6, 6.07) is 5.53. The van der Waals surface area contributed by atoms with Gasteiger partial charge in [-0.3, -0.25) is 9.59 Å². The molecule has 168 valence electrons. The number of alkyl halides is 2. The summed E-state index contributed by atoms with van der Waals surface area (Å²) < 4.78 is 55.7. The minimum Gasteiger partial charge on any atom is -0.335 e. The maximum absolute atomic E-state index is 13.4. The van der Waals surface area contributed by atoms with Crippen LogP contribution in [0.25, 0.3) is 10.1 Å². The molecule has 0 aliphatic carbocycles. The fourth-order valence-corrected chi connectivity index (χ4v) is 6.59. The number of hydrogen-bond donors (Lipinski definition) is 1. The molecule has 2 aliphatic heterocycles. The summed E-state index contributed by atoms with van der Waals surface area (Å²) in [6.45, 7) is -0.775. The molecule has 4 rings (SSSR count). The Balaban J connectivity index is 1.44. The Morgan fingerprint density at radius 1 is 1.29 bits per heavy atom. The number of hydrogen-bond acceptors (Lipinski definition) is 5. The van der Waals surface area contributed by atoms with E-state index in [1.807, 2.05) is 0 Å². The molecule has 2 amide bonds. The van der Waals surface area contributed by atoms with Crippen LogP contribution in [0.2, 0.25) is 5.02 Å². The van der Waals surface area contributed by atoms with Crippen molar-refractivity contribution in [3.05, 3.63) is 29.3 Å². The van der Waals surface area contributed by atoms with Crippen LogP contribution < -0.4 is 4.72 Å². The fourth-order valence-electron chi connectivity index (χ4n) is 3.79. The molecule has 7 nitrogen and oxygen atoms in total. The maximum Gasteiger partial charge on any atom is 0.267 e. The van der Waals surface area contributed by atoms with Gasteiger partial charge in [-0.1, -0.05) is 11.6 Å². The Bertz CT molecular complexity index is 1140. The normalized spacial score (nSPS) is 21.8. The number of nitrogens with zero attached hydrogens (tertiary/aromatic N) is 2. The molecule has 2 saturated heterocycles. The van der Waals surface area contributed by atoms with E-state index < -0.39 is 46.8 Å². The third kappa shape index (κ3) is 4.84. The minimum atomic E-state index is -3.97. The van der Waals surface area contributed by atoms with E-state index in [9.17, 15) is 26.8 Å². The number of rotatable bonds is 5. The Hall–Kier alpha value is -1.82. The number of likely N-dealkylation sites (tertiary alicyclic amines) is 2. The number of benzene rings is 1. The first kappa shape index (κ1) is 22.4. The van der Waals surface area contributed by atoms with Gasteiger partial charge in [0.1, 0.15) is 10.3 Å². The van der Waals surface area contributed by atoms with Crippen molar-refractivity contribution in [2.75, 3.05) is 26.2 Å². The highest BCUT2D eigenvalue weighted by Gasteiger charge is 2.41. The lowest BCUT2D eigenvalue weighted by molar-refractivity contribution is -0.143. The lowest BCUT2D eigenvalue weighted by Crippen LogP contribution is -2.54. The smallest absolute Gasteiger partial charge is 0.267 e. The molecule has 2 fully saturated rings. The van der Waals surface area contributed by atoms with Gasteiger partial charge in [0.25, 0.3) is 15.9 Å². The van der Waals surface area contributed by atoms with Crippen LogP contribution in [-0.4, -0.2) is 68.2 Å². The van der Waals surface area contributed by atoms with E-state index in [-0.39, 0.29) is 23.8 Å². The van der Waals surface area contributed by atoms with Crippen LogP contribution in [0.3, 0.4) is 0 Å². The number of fused-ring (bicyclic) bond motifs is 1. The lowest BCUT2D eigenvalue weighted by Gasteiger charge is -2.33. The molecule has 3 heterocycles. The van der Waals surface area contributed by atoms with Crippen molar-refractivity contribution < 1.29 is 26.8 Å². The van der Waals surface area contributed by atoms with Gasteiger partial charge < -0.3 is 9.80 Å². The molecule has 2 aliphatic rings. The first-order valence-corrected chi connectivity index (χ1v) is 12.4. The van der Waals surface area contributed by atoms with E-state index in [4.69, 9.17) is 11.6 Å². The number of piperidine rings is 1. The van der Waals surface area contributed by atoms with Gasteiger partial charge in [-0.25, -0.2) is 17.2 Å². The number of carbonyl (C=O) groups is 2. The molecule has 0 spiro atoms. The SMILES string of the molecule is O=C(CN1CCCC(NS(=O)(=O)c2cc3cc(Cl)ccc3s2)C1=O)N1CCC(F)(F)C1. The van der Waals surface area contributed by atoms with Crippen LogP contribution in [0.4, 0.5) is 8.78 Å². The van der Waals surface area contributed by atoms with Crippen molar-refractivity contribution in [1.29, 1.82) is 0 Å². The molecule has 1 aromatic heterocycles. The number of carbonyl (C=O) groups excluding carboxylic acids is 2. The average molecular weight is 492 g/mol. The van der Waals surface area contributed by atoms with Crippen molar-refractivity contribution in [1.82, 2.24) is 14.5 Å². The molecule has 1 unspecified atom stereocenters. The lowest BCUT2D eigenvalue weighted by atomic mass is 10.1. The van der Waals surface area contributed by atoms with Gasteiger partial charge in [-0.2, -0.15) is 4.72 Å². The molecule has 1 atom stereocenters. The molecular weight excluding hydrogens is 472 g/mol. The number of amides is 2. The van der Waals surface area contributed by atoms with E-state index >= 15 is 0 Å². The standard InChI is InChI=1S/C19H20ClF2N3O4S2/c20-13-3-4-15-12(8-13)9-17(30-15)31(28,29)23-14-2-1-6-24(18(14)27)10-16(26)25-7-5-19(21,22)11-25/h3-4,8-9,14,23H,1-2,5-7,10-11H2. The molecule has 0 bridgehead atoms. The Morgan fingerprint density at radius 2 is 2.06 bits per heavy atom. The zero-order valence-electron chi connectivity index (χ0n) is 16.3. The maximum atomic E-state index is 13.4. The molecule has 12 heteroatoms. The molecular formula is C19H20ClF2N3O4S2. The number of halogens is 3. The molecule has 1 N–H and O–H groups in total. The van der Waals surface area contributed by atoms with Gasteiger partial charge in [-0.05, 0) is 42.5 Å². The van der Waals surface area contributed by atoms with Gasteiger partial charge >= 0.3 is 0 Å². The Kier molecular flexibility index (Phi) is 5.97. The van der Waals surface area contributed by atoms with E-state index in [0.717, 1.165) is 20.9 Å². The van der Waals surface area contributed by atoms with Crippen molar-refractivity contribution in [2.45, 2.75) is 35.4 Å². The van der Waals surface area contributed by atoms with E-state index in [0.29, 0.717) is 23.3 Å². The minimum absolute atomic E-state index is 0.0557. The first-order valence-electron chi connectivity index (χ1n) is 9.70. The predicted molar refractivity (Wildman–Crippen MR) is 113 cm³/mol. The second-order valence-corrected chi connectivity index (χ2v) is 11.2. The summed E-state index contributed by atoms with van der Waals surface area (Å²) in [4.78, 5) is 27.4. The average Bonchev–Trinajstić information content (AvgIpc) is 3.28. The number of nitrogens with one attached hydrogen (secondary N) is 1. The largest absolute Gasteiger partial charge is 0.335 e. The predicted octanol–water partition coefficient (Wildman–Crippen LogP) is 2.69. The highest BCUT2D eigenvalue weighted by molar-refractivity contribution is 7.91. The molecule has 2 aromatic rings. The van der Waals surface area contributed by atoms with Gasteiger partial charge in [0.05, 0.1) is 13.1 Å². The number of sulfonamides is 1. The number of thiophene rings is 1. The van der Waals surface area contributed by atoms with Gasteiger partial charge in [0.15, 0.2) is 0 Å². The monoisotopic (exact) mass is 491 g/mol. The summed E-state index contributed by atoms with van der Waals surface area (Å²) in [7, 11) is -3.97. The van der Waals surface area contributed by atoms with Crippen LogP contribution >= 0.6 is 22.9 Å². The molecule has 1 aromatic carbocycles. The summed E-state index contributed by atoms with van der Waals surface area (Å²) in [5.74, 6) is -4.00. The van der Waals surface area contributed by atoms with Gasteiger partial charge in [0.2, 0.25) is 11.8 Å². The molecule has 0 saturated carbocycles. The van der Waals surface area contributed by atoms with Crippen molar-refractivity contribution in [3.63, 3.8) is 0 Å². The van der Waals surface area contributed by atoms with Crippen LogP contribution in [0.5, 0.6) is 0 Å². The zero-order valence-corrected chi connectivity index (χ0v) is 18.7. The van der Waals surface area contributed by atoms with Crippen LogP contribution in [0, 0.1) is 0 Å². The summed E-state index contributed by atoms with van der Waals surface area (Å²) in [5.41, 5.74) is 0. The van der Waals surface area contributed by atoms with Gasteiger partial charge in [0, 0.05) is 29.2 Å². The van der Waals surface area contributed by atoms with Crippen LogP contribution in [-0.2, 0) is 19.6 Å². The third-order valence-electron chi connectivity index (χ3n) is 5.40. The van der Waals surface area contributed by atoms with Crippen molar-refractivity contribution in [2.24, 2.45) is 0 Å². The topological polar surface area (TPSA) is 86.8 Å². The third-order valence-corrected chi connectivity index (χ3v) is 8.69. The van der Waals surface area contributed by atoms with Crippen molar-refractivity contribution in [3.8, 4) is 0 Å². The summed E-state index contributed by atoms with van der Waals surface area (Å²) >= 11 is 7.02. The first-order chi connectivity index (χ1) is 14.5. The summed E-state index contributed by atoms with van der Waals surface area (Å²) in [6.07, 6.45) is 0.390.